The maximum Gasteiger partial charge on any atom is 0.331 e. The molecular formula is C15H22O2. The summed E-state index contributed by atoms with van der Waals surface area (Å²) >= 11 is 0. The van der Waals surface area contributed by atoms with Gasteiger partial charge in [-0.25, -0.2) is 4.79 Å². The minimum Gasteiger partial charge on any atom is -0.478 e. The number of allylic oxidation sites excluding steroid dienone is 3. The number of hydrogen-bond donors (Lipinski definition) is 1. The van der Waals surface area contributed by atoms with Crippen molar-refractivity contribution in [3.05, 3.63) is 22.8 Å². The summed E-state index contributed by atoms with van der Waals surface area (Å²) in [5.74, 6) is -0.287. The van der Waals surface area contributed by atoms with Crippen LogP contribution in [0.2, 0.25) is 0 Å². The molecule has 1 fully saturated rings. The first-order valence-electron chi connectivity index (χ1n) is 6.52. The van der Waals surface area contributed by atoms with Crippen molar-refractivity contribution >= 4 is 5.97 Å². The van der Waals surface area contributed by atoms with Gasteiger partial charge in [-0.3, -0.25) is 0 Å². The molecule has 0 spiro atoms. The molecule has 2 rings (SSSR count). The maximum atomic E-state index is 11.1. The fourth-order valence-corrected chi connectivity index (χ4v) is 3.41. The Morgan fingerprint density at radius 2 is 2.06 bits per heavy atom. The van der Waals surface area contributed by atoms with E-state index in [1.165, 1.54) is 24.0 Å². The van der Waals surface area contributed by atoms with Crippen molar-refractivity contribution in [2.75, 3.05) is 0 Å². The monoisotopic (exact) mass is 234 g/mol. The van der Waals surface area contributed by atoms with Gasteiger partial charge in [0.25, 0.3) is 0 Å². The summed E-state index contributed by atoms with van der Waals surface area (Å²) in [6.07, 6.45) is 7.85. The van der Waals surface area contributed by atoms with Crippen molar-refractivity contribution in [3.8, 4) is 0 Å². The van der Waals surface area contributed by atoms with E-state index in [1.807, 2.05) is 0 Å². The van der Waals surface area contributed by atoms with E-state index in [2.05, 4.69) is 19.9 Å². The standard InChI is InChI=1S/C15H22O2/c1-10-4-5-13-12(11(2)14(16)17)7-9-15(13,3)8-6-10/h4,13H,5-9H2,1-3H3,(H,16,17)/b12-11+/t13-,15-/m1/s1. The second-order valence-electron chi connectivity index (χ2n) is 5.95. The third-order valence-electron chi connectivity index (χ3n) is 4.82. The summed E-state index contributed by atoms with van der Waals surface area (Å²) in [6, 6.07) is 0. The van der Waals surface area contributed by atoms with Crippen molar-refractivity contribution < 1.29 is 9.90 Å². The van der Waals surface area contributed by atoms with E-state index in [-0.39, 0.29) is 0 Å². The molecule has 0 aromatic rings. The predicted molar refractivity (Wildman–Crippen MR) is 68.8 cm³/mol. The van der Waals surface area contributed by atoms with Crippen LogP contribution in [0, 0.1) is 11.3 Å². The molecule has 17 heavy (non-hydrogen) atoms. The number of carboxylic acid groups (broad SMARTS) is 1. The van der Waals surface area contributed by atoms with Gasteiger partial charge in [-0.1, -0.05) is 24.1 Å². The minimum absolute atomic E-state index is 0.320. The van der Waals surface area contributed by atoms with Crippen molar-refractivity contribution in [2.24, 2.45) is 11.3 Å². The summed E-state index contributed by atoms with van der Waals surface area (Å²) in [5, 5.41) is 9.17. The SMILES string of the molecule is CC1=CC[C@@H]2/C(=C(\C)C(=O)O)CC[C@@]2(C)CC1. The average Bonchev–Trinajstić information content (AvgIpc) is 2.53. The molecule has 2 aliphatic carbocycles. The normalized spacial score (nSPS) is 35.9. The molecule has 0 aromatic heterocycles. The maximum absolute atomic E-state index is 11.1. The molecule has 1 saturated carbocycles. The van der Waals surface area contributed by atoms with E-state index in [1.54, 1.807) is 6.92 Å². The van der Waals surface area contributed by atoms with E-state index in [9.17, 15) is 4.79 Å². The van der Waals surface area contributed by atoms with Gasteiger partial charge in [0.05, 0.1) is 0 Å². The van der Waals surface area contributed by atoms with Crippen molar-refractivity contribution in [1.82, 2.24) is 0 Å². The summed E-state index contributed by atoms with van der Waals surface area (Å²) < 4.78 is 0. The largest absolute Gasteiger partial charge is 0.478 e. The van der Waals surface area contributed by atoms with Crippen molar-refractivity contribution in [2.45, 2.75) is 52.9 Å². The summed E-state index contributed by atoms with van der Waals surface area (Å²) in [4.78, 5) is 11.1. The summed E-state index contributed by atoms with van der Waals surface area (Å²) in [6.45, 7) is 6.30. The van der Waals surface area contributed by atoms with E-state index in [0.717, 1.165) is 19.3 Å². The van der Waals surface area contributed by atoms with E-state index < -0.39 is 5.97 Å². The Bertz CT molecular complexity index is 403. The minimum atomic E-state index is -0.741. The topological polar surface area (TPSA) is 37.3 Å². The lowest BCUT2D eigenvalue weighted by molar-refractivity contribution is -0.132. The number of aliphatic carboxylic acids is 1. The zero-order valence-electron chi connectivity index (χ0n) is 11.0. The molecule has 0 saturated heterocycles. The third kappa shape index (κ3) is 2.18. The van der Waals surface area contributed by atoms with Gasteiger partial charge < -0.3 is 5.11 Å². The van der Waals surface area contributed by atoms with Gasteiger partial charge in [0, 0.05) is 5.57 Å². The molecule has 94 valence electrons. The van der Waals surface area contributed by atoms with Gasteiger partial charge in [-0.15, -0.1) is 0 Å². The van der Waals surface area contributed by atoms with Crippen LogP contribution in [-0.4, -0.2) is 11.1 Å². The molecular weight excluding hydrogens is 212 g/mol. The lowest BCUT2D eigenvalue weighted by Crippen LogP contribution is -2.22. The number of carbonyl (C=O) groups is 1. The Balaban J connectivity index is 2.36. The Kier molecular flexibility index (Phi) is 3.15. The van der Waals surface area contributed by atoms with Gasteiger partial charge in [0.2, 0.25) is 0 Å². The van der Waals surface area contributed by atoms with Crippen LogP contribution in [0.3, 0.4) is 0 Å². The van der Waals surface area contributed by atoms with Crippen LogP contribution < -0.4 is 0 Å². The van der Waals surface area contributed by atoms with Crippen LogP contribution in [0.4, 0.5) is 0 Å². The van der Waals surface area contributed by atoms with Gasteiger partial charge in [-0.2, -0.15) is 0 Å². The van der Waals surface area contributed by atoms with E-state index >= 15 is 0 Å². The van der Waals surface area contributed by atoms with Crippen LogP contribution in [0.1, 0.15) is 52.9 Å². The first-order chi connectivity index (χ1) is 7.94. The summed E-state index contributed by atoms with van der Waals surface area (Å²) in [7, 11) is 0. The van der Waals surface area contributed by atoms with Crippen LogP contribution >= 0.6 is 0 Å². The smallest absolute Gasteiger partial charge is 0.331 e. The number of hydrogen-bond acceptors (Lipinski definition) is 1. The highest BCUT2D eigenvalue weighted by Gasteiger charge is 2.42. The second kappa shape index (κ2) is 4.32. The van der Waals surface area contributed by atoms with Crippen LogP contribution in [0.15, 0.2) is 22.8 Å². The highest BCUT2D eigenvalue weighted by molar-refractivity contribution is 5.87. The molecule has 2 heteroatoms. The number of carboxylic acids is 1. The fourth-order valence-electron chi connectivity index (χ4n) is 3.41. The third-order valence-corrected chi connectivity index (χ3v) is 4.82. The molecule has 0 heterocycles. The highest BCUT2D eigenvalue weighted by atomic mass is 16.4. The van der Waals surface area contributed by atoms with Crippen molar-refractivity contribution in [3.63, 3.8) is 0 Å². The Morgan fingerprint density at radius 3 is 2.71 bits per heavy atom. The van der Waals surface area contributed by atoms with Gasteiger partial charge in [0.15, 0.2) is 0 Å². The molecule has 2 nitrogen and oxygen atoms in total. The zero-order valence-corrected chi connectivity index (χ0v) is 11.0. The Hall–Kier alpha value is -1.05. The van der Waals surface area contributed by atoms with Gasteiger partial charge >= 0.3 is 5.97 Å². The lowest BCUT2D eigenvalue weighted by Gasteiger charge is -2.30. The summed E-state index contributed by atoms with van der Waals surface area (Å²) in [5.41, 5.74) is 3.57. The average molecular weight is 234 g/mol. The highest BCUT2D eigenvalue weighted by Crippen LogP contribution is 2.53. The molecule has 0 unspecified atom stereocenters. The quantitative estimate of drug-likeness (QED) is 0.551. The molecule has 0 aromatic carbocycles. The Morgan fingerprint density at radius 1 is 1.41 bits per heavy atom. The fraction of sp³-hybridized carbons (Fsp3) is 0.667. The van der Waals surface area contributed by atoms with Crippen LogP contribution in [0.25, 0.3) is 0 Å². The van der Waals surface area contributed by atoms with Crippen LogP contribution in [-0.2, 0) is 4.79 Å². The van der Waals surface area contributed by atoms with Gasteiger partial charge in [0.1, 0.15) is 0 Å². The molecule has 2 aliphatic rings. The Labute approximate surface area is 103 Å². The molecule has 0 amide bonds. The molecule has 0 radical (unpaired) electrons. The molecule has 2 atom stereocenters. The molecule has 0 bridgehead atoms. The predicted octanol–water partition coefficient (Wildman–Crippen LogP) is 3.93. The lowest BCUT2D eigenvalue weighted by atomic mass is 9.74. The van der Waals surface area contributed by atoms with Gasteiger partial charge in [-0.05, 0) is 57.3 Å². The second-order valence-corrected chi connectivity index (χ2v) is 5.95. The van der Waals surface area contributed by atoms with E-state index in [0.29, 0.717) is 16.9 Å². The van der Waals surface area contributed by atoms with Crippen molar-refractivity contribution in [1.29, 1.82) is 0 Å². The number of rotatable bonds is 1. The zero-order chi connectivity index (χ0) is 12.6. The van der Waals surface area contributed by atoms with E-state index in [4.69, 9.17) is 5.11 Å². The number of fused-ring (bicyclic) bond motifs is 1. The first kappa shape index (κ1) is 12.4. The first-order valence-corrected chi connectivity index (χ1v) is 6.52. The molecule has 1 N–H and O–H groups in total. The van der Waals surface area contributed by atoms with Crippen LogP contribution in [0.5, 0.6) is 0 Å². The molecule has 0 aliphatic heterocycles.